The molecule has 92 valence electrons. The third kappa shape index (κ3) is 2.98. The summed E-state index contributed by atoms with van der Waals surface area (Å²) < 4.78 is 4.25. The van der Waals surface area contributed by atoms with Crippen LogP contribution in [0.1, 0.15) is 50.3 Å². The zero-order valence-electron chi connectivity index (χ0n) is 10.5. The van der Waals surface area contributed by atoms with Gasteiger partial charge in [0.1, 0.15) is 16.6 Å². The zero-order valence-corrected chi connectivity index (χ0v) is 11.3. The van der Waals surface area contributed by atoms with E-state index < -0.39 is 0 Å². The standard InChI is InChI=1S/C13H19N3S/c1-9-4-3-5-11(7-6-9)15-13-12(8-14)10(2)16-17-13/h9,11,15H,3-7H2,1-2H3. The molecule has 1 aliphatic carbocycles. The highest BCUT2D eigenvalue weighted by Gasteiger charge is 2.18. The summed E-state index contributed by atoms with van der Waals surface area (Å²) in [6.45, 7) is 4.23. The van der Waals surface area contributed by atoms with Crippen molar-refractivity contribution in [2.24, 2.45) is 5.92 Å². The summed E-state index contributed by atoms with van der Waals surface area (Å²) in [7, 11) is 0. The minimum Gasteiger partial charge on any atom is -0.372 e. The molecule has 1 aliphatic rings. The molecule has 1 saturated carbocycles. The van der Waals surface area contributed by atoms with Gasteiger partial charge in [-0.1, -0.05) is 19.8 Å². The first-order chi connectivity index (χ1) is 8.20. The van der Waals surface area contributed by atoms with E-state index in [1.54, 1.807) is 0 Å². The fraction of sp³-hybridized carbons (Fsp3) is 0.692. The predicted octanol–water partition coefficient (Wildman–Crippen LogP) is 3.70. The topological polar surface area (TPSA) is 48.7 Å². The second-order valence-corrected chi connectivity index (χ2v) is 5.81. The molecule has 0 aromatic carbocycles. The van der Waals surface area contributed by atoms with E-state index in [0.717, 1.165) is 22.2 Å². The lowest BCUT2D eigenvalue weighted by Gasteiger charge is -2.16. The average Bonchev–Trinajstić information content (AvgIpc) is 2.52. The third-order valence-corrected chi connectivity index (χ3v) is 4.44. The highest BCUT2D eigenvalue weighted by Crippen LogP contribution is 2.29. The van der Waals surface area contributed by atoms with Crippen molar-refractivity contribution in [1.82, 2.24) is 4.37 Å². The van der Waals surface area contributed by atoms with Crippen molar-refractivity contribution in [2.75, 3.05) is 5.32 Å². The molecule has 0 amide bonds. The van der Waals surface area contributed by atoms with Crippen LogP contribution in [-0.4, -0.2) is 10.4 Å². The molecule has 3 nitrogen and oxygen atoms in total. The van der Waals surface area contributed by atoms with E-state index in [1.807, 2.05) is 6.92 Å². The van der Waals surface area contributed by atoms with Crippen molar-refractivity contribution in [1.29, 1.82) is 5.26 Å². The van der Waals surface area contributed by atoms with Gasteiger partial charge in [-0.2, -0.15) is 9.64 Å². The molecule has 1 heterocycles. The Morgan fingerprint density at radius 2 is 2.18 bits per heavy atom. The van der Waals surface area contributed by atoms with Gasteiger partial charge in [0.2, 0.25) is 0 Å². The third-order valence-electron chi connectivity index (χ3n) is 3.57. The summed E-state index contributed by atoms with van der Waals surface area (Å²) >= 11 is 1.42. The zero-order chi connectivity index (χ0) is 12.3. The maximum atomic E-state index is 9.09. The normalized spacial score (nSPS) is 25.0. The van der Waals surface area contributed by atoms with Crippen LogP contribution in [0, 0.1) is 24.2 Å². The molecular formula is C13H19N3S. The van der Waals surface area contributed by atoms with Crippen molar-refractivity contribution in [2.45, 2.75) is 52.0 Å². The number of hydrogen-bond acceptors (Lipinski definition) is 4. The van der Waals surface area contributed by atoms with Crippen LogP contribution < -0.4 is 5.32 Å². The molecule has 0 radical (unpaired) electrons. The molecule has 0 saturated heterocycles. The van der Waals surface area contributed by atoms with Crippen LogP contribution >= 0.6 is 11.5 Å². The minimum absolute atomic E-state index is 0.520. The van der Waals surface area contributed by atoms with Gasteiger partial charge in [-0.15, -0.1) is 0 Å². The Labute approximate surface area is 107 Å². The monoisotopic (exact) mass is 249 g/mol. The molecule has 1 aromatic heterocycles. The molecule has 2 atom stereocenters. The summed E-state index contributed by atoms with van der Waals surface area (Å²) in [6.07, 6.45) is 6.34. The number of nitriles is 1. The predicted molar refractivity (Wildman–Crippen MR) is 71.2 cm³/mol. The number of hydrogen-bond donors (Lipinski definition) is 1. The van der Waals surface area contributed by atoms with Crippen LogP contribution in [0.25, 0.3) is 0 Å². The van der Waals surface area contributed by atoms with Crippen molar-refractivity contribution < 1.29 is 0 Å². The molecule has 1 aromatic rings. The van der Waals surface area contributed by atoms with E-state index in [4.69, 9.17) is 5.26 Å². The highest BCUT2D eigenvalue weighted by atomic mass is 32.1. The van der Waals surface area contributed by atoms with Crippen LogP contribution in [-0.2, 0) is 0 Å². The van der Waals surface area contributed by atoms with Gasteiger partial charge >= 0.3 is 0 Å². The number of nitrogens with one attached hydrogen (secondary N) is 1. The van der Waals surface area contributed by atoms with Crippen LogP contribution in [0.5, 0.6) is 0 Å². The smallest absolute Gasteiger partial charge is 0.127 e. The number of nitrogens with zero attached hydrogens (tertiary/aromatic N) is 2. The van der Waals surface area contributed by atoms with Gasteiger partial charge in [0.15, 0.2) is 0 Å². The quantitative estimate of drug-likeness (QED) is 0.813. The van der Waals surface area contributed by atoms with Gasteiger partial charge in [-0.05, 0) is 43.6 Å². The molecule has 1 fully saturated rings. The largest absolute Gasteiger partial charge is 0.372 e. The number of aromatic nitrogens is 1. The molecule has 2 unspecified atom stereocenters. The van der Waals surface area contributed by atoms with E-state index in [1.165, 1.54) is 43.6 Å². The second-order valence-electron chi connectivity index (χ2n) is 5.04. The molecule has 1 N–H and O–H groups in total. The van der Waals surface area contributed by atoms with Gasteiger partial charge in [-0.3, -0.25) is 0 Å². The molecule has 0 spiro atoms. The van der Waals surface area contributed by atoms with Crippen LogP contribution in [0.3, 0.4) is 0 Å². The van der Waals surface area contributed by atoms with Crippen LogP contribution in [0.2, 0.25) is 0 Å². The SMILES string of the molecule is Cc1nsc(NC2CCCC(C)CC2)c1C#N. The van der Waals surface area contributed by atoms with Gasteiger partial charge in [0.25, 0.3) is 0 Å². The first-order valence-corrected chi connectivity index (χ1v) is 7.11. The molecule has 4 heteroatoms. The van der Waals surface area contributed by atoms with Crippen molar-refractivity contribution in [3.63, 3.8) is 0 Å². The van der Waals surface area contributed by atoms with Crippen molar-refractivity contribution in [3.05, 3.63) is 11.3 Å². The highest BCUT2D eigenvalue weighted by molar-refractivity contribution is 7.10. The lowest BCUT2D eigenvalue weighted by molar-refractivity contribution is 0.502. The Morgan fingerprint density at radius 3 is 2.94 bits per heavy atom. The summed E-state index contributed by atoms with van der Waals surface area (Å²) in [4.78, 5) is 0. The van der Waals surface area contributed by atoms with Gasteiger partial charge in [-0.25, -0.2) is 0 Å². The van der Waals surface area contributed by atoms with Crippen molar-refractivity contribution >= 4 is 16.5 Å². The van der Waals surface area contributed by atoms with E-state index >= 15 is 0 Å². The lowest BCUT2D eigenvalue weighted by Crippen LogP contribution is -2.18. The number of anilines is 1. The Bertz CT molecular complexity index is 419. The van der Waals surface area contributed by atoms with Gasteiger partial charge in [0, 0.05) is 6.04 Å². The van der Waals surface area contributed by atoms with E-state index in [2.05, 4.69) is 22.7 Å². The average molecular weight is 249 g/mol. The minimum atomic E-state index is 0.520. The first-order valence-electron chi connectivity index (χ1n) is 6.33. The van der Waals surface area contributed by atoms with E-state index in [0.29, 0.717) is 6.04 Å². The number of rotatable bonds is 2. The second kappa shape index (κ2) is 5.50. The summed E-state index contributed by atoms with van der Waals surface area (Å²) in [5.41, 5.74) is 1.58. The van der Waals surface area contributed by atoms with Crippen LogP contribution in [0.15, 0.2) is 0 Å². The van der Waals surface area contributed by atoms with Gasteiger partial charge < -0.3 is 5.32 Å². The Balaban J connectivity index is 2.03. The maximum Gasteiger partial charge on any atom is 0.127 e. The molecule has 0 bridgehead atoms. The first kappa shape index (κ1) is 12.4. The Hall–Kier alpha value is -1.08. The fourth-order valence-electron chi connectivity index (χ4n) is 2.42. The Morgan fingerprint density at radius 1 is 1.35 bits per heavy atom. The van der Waals surface area contributed by atoms with Crippen molar-refractivity contribution in [3.8, 4) is 6.07 Å². The Kier molecular flexibility index (Phi) is 4.01. The summed E-state index contributed by atoms with van der Waals surface area (Å²) in [6, 6.07) is 2.76. The summed E-state index contributed by atoms with van der Waals surface area (Å²) in [5.74, 6) is 0.848. The van der Waals surface area contributed by atoms with Gasteiger partial charge in [0.05, 0.1) is 5.69 Å². The van der Waals surface area contributed by atoms with E-state index in [-0.39, 0.29) is 0 Å². The molecular weight excluding hydrogens is 230 g/mol. The fourth-order valence-corrected chi connectivity index (χ4v) is 3.24. The summed E-state index contributed by atoms with van der Waals surface area (Å²) in [5, 5.41) is 13.6. The molecule has 17 heavy (non-hydrogen) atoms. The molecule has 0 aliphatic heterocycles. The van der Waals surface area contributed by atoms with Crippen LogP contribution in [0.4, 0.5) is 5.00 Å². The maximum absolute atomic E-state index is 9.09. The number of aryl methyl sites for hydroxylation is 1. The van der Waals surface area contributed by atoms with E-state index in [9.17, 15) is 0 Å². The lowest BCUT2D eigenvalue weighted by atomic mass is 10.0. The molecule has 2 rings (SSSR count).